The molecule has 0 saturated heterocycles. The summed E-state index contributed by atoms with van der Waals surface area (Å²) < 4.78 is 2.23. The molecule has 1 unspecified atom stereocenters. The van der Waals surface area contributed by atoms with E-state index in [0.29, 0.717) is 5.37 Å². The van der Waals surface area contributed by atoms with Crippen molar-refractivity contribution in [2.45, 2.75) is 25.6 Å². The maximum absolute atomic E-state index is 10.9. The van der Waals surface area contributed by atoms with Crippen molar-refractivity contribution in [3.05, 3.63) is 50.0 Å². The van der Waals surface area contributed by atoms with Crippen molar-refractivity contribution in [1.29, 1.82) is 0 Å². The smallest absolute Gasteiger partial charge is 0.272 e. The number of halogens is 2. The van der Waals surface area contributed by atoms with E-state index in [1.807, 2.05) is 13.0 Å². The van der Waals surface area contributed by atoms with Gasteiger partial charge in [-0.15, -0.1) is 11.8 Å². The highest BCUT2D eigenvalue weighted by atomic mass is 127. The highest BCUT2D eigenvalue weighted by molar-refractivity contribution is 14.1. The lowest BCUT2D eigenvalue weighted by atomic mass is 10.0. The predicted molar refractivity (Wildman–Crippen MR) is 95.4 cm³/mol. The lowest BCUT2D eigenvalue weighted by Gasteiger charge is -2.22. The molecule has 0 amide bonds. The summed E-state index contributed by atoms with van der Waals surface area (Å²) in [5.74, 6) is 0. The average Bonchev–Trinajstić information content (AvgIpc) is 2.74. The minimum absolute atomic E-state index is 0.205. The quantitative estimate of drug-likeness (QED) is 0.211. The van der Waals surface area contributed by atoms with E-state index < -0.39 is 0 Å². The summed E-state index contributed by atoms with van der Waals surface area (Å²) in [5, 5.41) is 14.3. The Morgan fingerprint density at radius 2 is 2.15 bits per heavy atom. The third-order valence-corrected chi connectivity index (χ3v) is 6.62. The van der Waals surface area contributed by atoms with Crippen LogP contribution in [0.5, 0.6) is 0 Å². The third kappa shape index (κ3) is 3.30. The van der Waals surface area contributed by atoms with Gasteiger partial charge in [0, 0.05) is 29.1 Å². The van der Waals surface area contributed by atoms with Crippen LogP contribution in [-0.4, -0.2) is 18.7 Å². The van der Waals surface area contributed by atoms with E-state index in [4.69, 9.17) is 0 Å². The average molecular weight is 469 g/mol. The fraction of sp³-hybridized carbons (Fsp3) is 0.385. The van der Waals surface area contributed by atoms with Crippen molar-refractivity contribution in [3.8, 4) is 0 Å². The van der Waals surface area contributed by atoms with Gasteiger partial charge in [-0.25, -0.2) is 0 Å². The summed E-state index contributed by atoms with van der Waals surface area (Å²) in [6, 6.07) is 3.63. The van der Waals surface area contributed by atoms with Gasteiger partial charge >= 0.3 is 0 Å². The van der Waals surface area contributed by atoms with E-state index in [0.717, 1.165) is 22.9 Å². The lowest BCUT2D eigenvalue weighted by molar-refractivity contribution is -0.385. The van der Waals surface area contributed by atoms with E-state index in [1.54, 1.807) is 24.8 Å². The number of thioether (sulfide) groups is 1. The van der Waals surface area contributed by atoms with Crippen molar-refractivity contribution < 1.29 is 4.92 Å². The van der Waals surface area contributed by atoms with Crippen LogP contribution < -0.4 is 0 Å². The first-order valence-corrected chi connectivity index (χ1v) is 9.07. The van der Waals surface area contributed by atoms with Crippen molar-refractivity contribution in [2.24, 2.45) is 0 Å². The van der Waals surface area contributed by atoms with Gasteiger partial charge in [-0.1, -0.05) is 15.9 Å². The SMILES string of the molecule is Cc1cc([N+](=O)[O-])c(C)cc1CC1SC=C(CBr)N1I. The topological polar surface area (TPSA) is 46.4 Å². The molecule has 0 radical (unpaired) electrons. The number of benzene rings is 1. The number of aryl methyl sites for hydroxylation is 2. The number of hydrogen-bond donors (Lipinski definition) is 0. The van der Waals surface area contributed by atoms with Gasteiger partial charge in [0.25, 0.3) is 5.69 Å². The summed E-state index contributed by atoms with van der Waals surface area (Å²) >= 11 is 7.60. The van der Waals surface area contributed by atoms with Crippen molar-refractivity contribution >= 4 is 56.2 Å². The normalized spacial score (nSPS) is 18.3. The van der Waals surface area contributed by atoms with Crippen LogP contribution in [0.15, 0.2) is 23.2 Å². The Kier molecular flexibility index (Phi) is 5.36. The number of nitro groups is 1. The maximum atomic E-state index is 10.9. The van der Waals surface area contributed by atoms with Crippen LogP contribution in [0.1, 0.15) is 16.7 Å². The Balaban J connectivity index is 2.19. The Hall–Kier alpha value is -0.280. The van der Waals surface area contributed by atoms with Crippen LogP contribution in [-0.2, 0) is 6.42 Å². The first-order chi connectivity index (χ1) is 9.43. The van der Waals surface area contributed by atoms with Crippen molar-refractivity contribution in [2.75, 3.05) is 5.33 Å². The number of hydrogen-bond acceptors (Lipinski definition) is 4. The first kappa shape index (κ1) is 16.1. The zero-order valence-electron chi connectivity index (χ0n) is 11.1. The molecule has 0 fully saturated rings. The standard InChI is InChI=1S/C13H14BrIN2O2S/c1-8-4-12(17(18)19)9(2)3-10(8)5-13-16(15)11(6-14)7-20-13/h3-4,7,13H,5-6H2,1-2H3. The molecule has 0 saturated carbocycles. The predicted octanol–water partition coefficient (Wildman–Crippen LogP) is 4.72. The zero-order chi connectivity index (χ0) is 14.9. The largest absolute Gasteiger partial charge is 0.304 e. The fourth-order valence-corrected chi connectivity index (χ4v) is 5.36. The maximum Gasteiger partial charge on any atom is 0.272 e. The van der Waals surface area contributed by atoms with Crippen LogP contribution >= 0.6 is 50.6 Å². The van der Waals surface area contributed by atoms with Gasteiger partial charge in [0.2, 0.25) is 0 Å². The van der Waals surface area contributed by atoms with E-state index in [-0.39, 0.29) is 10.6 Å². The van der Waals surface area contributed by atoms with Gasteiger partial charge in [-0.3, -0.25) is 10.1 Å². The highest BCUT2D eigenvalue weighted by Crippen LogP contribution is 2.37. The van der Waals surface area contributed by atoms with E-state index >= 15 is 0 Å². The number of allylic oxidation sites excluding steroid dienone is 1. The van der Waals surface area contributed by atoms with Crippen LogP contribution in [0.25, 0.3) is 0 Å². The fourth-order valence-electron chi connectivity index (χ4n) is 2.13. The molecule has 1 aromatic carbocycles. The second kappa shape index (κ2) is 6.65. The van der Waals surface area contributed by atoms with Gasteiger partial charge < -0.3 is 3.11 Å². The summed E-state index contributed by atoms with van der Waals surface area (Å²) in [6.07, 6.45) is 0.880. The van der Waals surface area contributed by atoms with Gasteiger partial charge in [-0.05, 0) is 36.4 Å². The van der Waals surface area contributed by atoms with Gasteiger partial charge in [0.1, 0.15) is 0 Å². The Morgan fingerprint density at radius 3 is 2.70 bits per heavy atom. The lowest BCUT2D eigenvalue weighted by Crippen LogP contribution is -2.21. The summed E-state index contributed by atoms with van der Waals surface area (Å²) in [6.45, 7) is 3.74. The molecule has 20 heavy (non-hydrogen) atoms. The molecule has 0 bridgehead atoms. The molecule has 4 nitrogen and oxygen atoms in total. The monoisotopic (exact) mass is 468 g/mol. The molecule has 0 spiro atoms. The molecule has 108 valence electrons. The number of nitrogens with zero attached hydrogens (tertiary/aromatic N) is 2. The van der Waals surface area contributed by atoms with E-state index in [9.17, 15) is 10.1 Å². The molecule has 1 aliphatic rings. The molecule has 1 aromatic rings. The second-order valence-electron chi connectivity index (χ2n) is 4.67. The number of alkyl halides is 1. The van der Waals surface area contributed by atoms with Gasteiger partial charge in [-0.2, -0.15) is 0 Å². The molecule has 1 atom stereocenters. The van der Waals surface area contributed by atoms with Gasteiger partial charge in [0.05, 0.1) is 33.2 Å². The minimum Gasteiger partial charge on any atom is -0.304 e. The Bertz CT molecular complexity index is 580. The third-order valence-electron chi connectivity index (χ3n) is 3.27. The van der Waals surface area contributed by atoms with Crippen LogP contribution in [0, 0.1) is 24.0 Å². The zero-order valence-corrected chi connectivity index (χ0v) is 15.7. The molecular formula is C13H14BrIN2O2S. The van der Waals surface area contributed by atoms with Crippen LogP contribution in [0.2, 0.25) is 0 Å². The molecule has 2 rings (SSSR count). The summed E-state index contributed by atoms with van der Waals surface area (Å²) in [7, 11) is 0. The summed E-state index contributed by atoms with van der Waals surface area (Å²) in [5.41, 5.74) is 4.36. The highest BCUT2D eigenvalue weighted by Gasteiger charge is 2.25. The summed E-state index contributed by atoms with van der Waals surface area (Å²) in [4.78, 5) is 10.6. The number of rotatable bonds is 4. The second-order valence-corrected chi connectivity index (χ2v) is 7.32. The molecule has 0 N–H and O–H groups in total. The molecule has 0 aromatic heterocycles. The molecule has 1 aliphatic heterocycles. The van der Waals surface area contributed by atoms with Crippen molar-refractivity contribution in [1.82, 2.24) is 3.11 Å². The van der Waals surface area contributed by atoms with Crippen LogP contribution in [0.3, 0.4) is 0 Å². The van der Waals surface area contributed by atoms with Crippen molar-refractivity contribution in [3.63, 3.8) is 0 Å². The Morgan fingerprint density at radius 1 is 1.45 bits per heavy atom. The number of nitro benzene ring substituents is 1. The molecular weight excluding hydrogens is 455 g/mol. The molecule has 7 heteroatoms. The molecule has 0 aliphatic carbocycles. The Labute approximate surface area is 144 Å². The van der Waals surface area contributed by atoms with Gasteiger partial charge in [0.15, 0.2) is 0 Å². The minimum atomic E-state index is -0.314. The first-order valence-electron chi connectivity index (χ1n) is 6.04. The van der Waals surface area contributed by atoms with E-state index in [2.05, 4.69) is 47.3 Å². The van der Waals surface area contributed by atoms with Crippen LogP contribution in [0.4, 0.5) is 5.69 Å². The van der Waals surface area contributed by atoms with E-state index in [1.165, 1.54) is 11.3 Å². The molecule has 1 heterocycles.